The molecule has 0 N–H and O–H groups in total. The summed E-state index contributed by atoms with van der Waals surface area (Å²) in [5.41, 5.74) is 13.7. The number of rotatable bonds is 3. The van der Waals surface area contributed by atoms with Gasteiger partial charge in [-0.25, -0.2) is 0 Å². The Morgan fingerprint density at radius 2 is 1.02 bits per heavy atom. The Labute approximate surface area is 301 Å². The molecule has 3 nitrogen and oxygen atoms in total. The molecule has 0 bridgehead atoms. The summed E-state index contributed by atoms with van der Waals surface area (Å²) < 4.78 is 2.43. The van der Waals surface area contributed by atoms with Crippen LogP contribution in [0.5, 0.6) is 0 Å². The highest BCUT2D eigenvalue weighted by Crippen LogP contribution is 2.50. The van der Waals surface area contributed by atoms with Crippen molar-refractivity contribution in [3.63, 3.8) is 0 Å². The summed E-state index contributed by atoms with van der Waals surface area (Å²) in [7, 11) is 0. The van der Waals surface area contributed by atoms with Gasteiger partial charge in [-0.15, -0.1) is 0 Å². The van der Waals surface area contributed by atoms with E-state index in [4.69, 9.17) is 0 Å². The van der Waals surface area contributed by atoms with Crippen LogP contribution in [0.4, 0.5) is 0 Å². The predicted molar refractivity (Wildman–Crippen MR) is 217 cm³/mol. The van der Waals surface area contributed by atoms with Crippen molar-refractivity contribution >= 4 is 54.1 Å². The van der Waals surface area contributed by atoms with Crippen LogP contribution in [0, 0.1) is 0 Å². The minimum atomic E-state index is -0.0525. The van der Waals surface area contributed by atoms with E-state index in [9.17, 15) is 0 Å². The van der Waals surface area contributed by atoms with Crippen LogP contribution in [-0.2, 0) is 5.41 Å². The number of benzene rings is 8. The van der Waals surface area contributed by atoms with Gasteiger partial charge in [-0.3, -0.25) is 0 Å². The van der Waals surface area contributed by atoms with Crippen LogP contribution >= 0.6 is 0 Å². The Kier molecular flexibility index (Phi) is 6.01. The van der Waals surface area contributed by atoms with E-state index >= 15 is 0 Å². The van der Waals surface area contributed by atoms with E-state index in [1.165, 1.54) is 82.3 Å². The average Bonchev–Trinajstić information content (AvgIpc) is 3.63. The molecule has 1 aliphatic rings. The molecule has 0 unspecified atom stereocenters. The SMILES string of the molecule is CC1(C)c2ccccc2-c2ccc(-c3ccc4c(c3)c3cc5ccccc5cc3n4-c3ccc(-c4cccc5ccccc45)c4cnncc34)cc21. The Bertz CT molecular complexity index is 3100. The monoisotopic (exact) mass is 663 g/mol. The molecule has 0 amide bonds. The quantitative estimate of drug-likeness (QED) is 0.188. The third-order valence-electron chi connectivity index (χ3n) is 11.6. The summed E-state index contributed by atoms with van der Waals surface area (Å²) in [4.78, 5) is 0. The zero-order chi connectivity index (χ0) is 34.6. The second-order valence-corrected chi connectivity index (χ2v) is 14.7. The minimum Gasteiger partial charge on any atom is -0.309 e. The van der Waals surface area contributed by atoms with E-state index in [1.807, 2.05) is 12.4 Å². The van der Waals surface area contributed by atoms with Gasteiger partial charge in [0, 0.05) is 27.0 Å². The van der Waals surface area contributed by atoms with Gasteiger partial charge in [0.2, 0.25) is 0 Å². The molecule has 244 valence electrons. The maximum Gasteiger partial charge on any atom is 0.0596 e. The lowest BCUT2D eigenvalue weighted by Crippen LogP contribution is -2.14. The van der Waals surface area contributed by atoms with Crippen LogP contribution in [0.1, 0.15) is 25.0 Å². The Balaban J connectivity index is 1.15. The number of aromatic nitrogens is 3. The first kappa shape index (κ1) is 29.2. The largest absolute Gasteiger partial charge is 0.309 e. The van der Waals surface area contributed by atoms with E-state index in [0.29, 0.717) is 0 Å². The molecule has 0 radical (unpaired) electrons. The van der Waals surface area contributed by atoms with Crippen molar-refractivity contribution in [1.82, 2.24) is 14.8 Å². The van der Waals surface area contributed by atoms with Gasteiger partial charge in [-0.05, 0) is 102 Å². The van der Waals surface area contributed by atoms with E-state index in [2.05, 4.69) is 180 Å². The molecule has 0 saturated carbocycles. The molecule has 0 aliphatic heterocycles. The van der Waals surface area contributed by atoms with Crippen molar-refractivity contribution in [2.24, 2.45) is 0 Å². The summed E-state index contributed by atoms with van der Waals surface area (Å²) in [6.45, 7) is 4.70. The fraction of sp³-hybridized carbons (Fsp3) is 0.0612. The molecule has 3 heteroatoms. The van der Waals surface area contributed by atoms with Gasteiger partial charge in [0.25, 0.3) is 0 Å². The smallest absolute Gasteiger partial charge is 0.0596 e. The van der Waals surface area contributed by atoms with Crippen LogP contribution in [0.2, 0.25) is 0 Å². The van der Waals surface area contributed by atoms with E-state index in [1.54, 1.807) is 0 Å². The van der Waals surface area contributed by atoms with Gasteiger partial charge in [0.15, 0.2) is 0 Å². The predicted octanol–water partition coefficient (Wildman–Crippen LogP) is 12.7. The lowest BCUT2D eigenvalue weighted by molar-refractivity contribution is 0.660. The summed E-state index contributed by atoms with van der Waals surface area (Å²) in [5, 5.41) is 18.4. The van der Waals surface area contributed by atoms with Crippen molar-refractivity contribution < 1.29 is 0 Å². The molecular formula is C49H33N3. The summed E-state index contributed by atoms with van der Waals surface area (Å²) in [6, 6.07) is 55.9. The fourth-order valence-corrected chi connectivity index (χ4v) is 9.00. The molecule has 2 aromatic heterocycles. The van der Waals surface area contributed by atoms with Gasteiger partial charge >= 0.3 is 0 Å². The fourth-order valence-electron chi connectivity index (χ4n) is 9.00. The number of hydrogen-bond donors (Lipinski definition) is 0. The number of nitrogens with zero attached hydrogens (tertiary/aromatic N) is 3. The van der Waals surface area contributed by atoms with Crippen LogP contribution in [-0.4, -0.2) is 14.8 Å². The van der Waals surface area contributed by atoms with Gasteiger partial charge in [0.1, 0.15) is 0 Å². The Morgan fingerprint density at radius 1 is 0.404 bits per heavy atom. The lowest BCUT2D eigenvalue weighted by atomic mass is 9.81. The summed E-state index contributed by atoms with van der Waals surface area (Å²) >= 11 is 0. The van der Waals surface area contributed by atoms with Crippen molar-refractivity contribution in [2.45, 2.75) is 19.3 Å². The van der Waals surface area contributed by atoms with Crippen molar-refractivity contribution in [3.05, 3.63) is 175 Å². The molecule has 2 heterocycles. The normalized spacial score (nSPS) is 13.3. The standard InChI is InChI=1S/C49H33N3/c1-49(2)44-17-8-7-15-38(44)39-20-18-34(26-45(39)49)33-19-22-46-40(25-33)41-24-31-11-3-4-12-32(31)27-48(41)52(46)47-23-21-37(42-28-50-51-29-43(42)47)36-16-9-13-30-10-5-6-14-35(30)36/h3-29H,1-2H3. The molecule has 52 heavy (non-hydrogen) atoms. The minimum absolute atomic E-state index is 0.0525. The highest BCUT2D eigenvalue weighted by molar-refractivity contribution is 6.16. The van der Waals surface area contributed by atoms with Crippen molar-refractivity contribution in [3.8, 4) is 39.1 Å². The molecule has 1 aliphatic carbocycles. The van der Waals surface area contributed by atoms with Gasteiger partial charge < -0.3 is 4.57 Å². The first-order valence-corrected chi connectivity index (χ1v) is 18.0. The second-order valence-electron chi connectivity index (χ2n) is 14.7. The first-order valence-electron chi connectivity index (χ1n) is 18.0. The zero-order valence-corrected chi connectivity index (χ0v) is 28.9. The maximum atomic E-state index is 4.44. The molecule has 10 aromatic rings. The average molecular weight is 664 g/mol. The third-order valence-corrected chi connectivity index (χ3v) is 11.6. The van der Waals surface area contributed by atoms with E-state index < -0.39 is 0 Å². The maximum absolute atomic E-state index is 4.44. The van der Waals surface area contributed by atoms with Gasteiger partial charge in [-0.2, -0.15) is 10.2 Å². The molecule has 0 fully saturated rings. The van der Waals surface area contributed by atoms with Crippen molar-refractivity contribution in [2.75, 3.05) is 0 Å². The molecular weight excluding hydrogens is 631 g/mol. The van der Waals surface area contributed by atoms with E-state index in [0.717, 1.165) is 22.0 Å². The van der Waals surface area contributed by atoms with Gasteiger partial charge in [-0.1, -0.05) is 129 Å². The van der Waals surface area contributed by atoms with E-state index in [-0.39, 0.29) is 5.41 Å². The topological polar surface area (TPSA) is 30.7 Å². The summed E-state index contributed by atoms with van der Waals surface area (Å²) in [6.07, 6.45) is 3.85. The number of hydrogen-bond acceptors (Lipinski definition) is 2. The molecule has 0 spiro atoms. The van der Waals surface area contributed by atoms with Crippen LogP contribution in [0.25, 0.3) is 93.2 Å². The second kappa shape index (κ2) is 10.7. The Morgan fingerprint density at radius 3 is 1.90 bits per heavy atom. The highest BCUT2D eigenvalue weighted by Gasteiger charge is 2.35. The molecule has 8 aromatic carbocycles. The van der Waals surface area contributed by atoms with Crippen LogP contribution in [0.15, 0.2) is 164 Å². The Hall–Kier alpha value is -6.58. The van der Waals surface area contributed by atoms with Crippen molar-refractivity contribution in [1.29, 1.82) is 0 Å². The number of fused-ring (bicyclic) bond motifs is 9. The molecule has 0 atom stereocenters. The lowest BCUT2D eigenvalue weighted by Gasteiger charge is -2.22. The van der Waals surface area contributed by atoms with Crippen LogP contribution in [0.3, 0.4) is 0 Å². The van der Waals surface area contributed by atoms with Crippen LogP contribution < -0.4 is 0 Å². The highest BCUT2D eigenvalue weighted by atomic mass is 15.1. The zero-order valence-electron chi connectivity index (χ0n) is 28.9. The summed E-state index contributed by atoms with van der Waals surface area (Å²) in [5.74, 6) is 0. The molecule has 0 saturated heterocycles. The third kappa shape index (κ3) is 4.08. The molecule has 11 rings (SSSR count). The van der Waals surface area contributed by atoms with Gasteiger partial charge in [0.05, 0.1) is 29.1 Å². The first-order chi connectivity index (χ1) is 25.5.